The highest BCUT2D eigenvalue weighted by Gasteiger charge is 2.24. The number of hydrogen-bond donors (Lipinski definition) is 0. The summed E-state index contributed by atoms with van der Waals surface area (Å²) in [4.78, 5) is 19.6. The Morgan fingerprint density at radius 3 is 3.00 bits per heavy atom. The van der Waals surface area contributed by atoms with Crippen molar-refractivity contribution in [2.24, 2.45) is 0 Å². The number of pyridine rings is 1. The van der Waals surface area contributed by atoms with E-state index in [1.54, 1.807) is 0 Å². The molecule has 0 saturated heterocycles. The predicted octanol–water partition coefficient (Wildman–Crippen LogP) is 4.32. The molecule has 23 heavy (non-hydrogen) atoms. The minimum Gasteiger partial charge on any atom is -0.334 e. The molecule has 3 heterocycles. The van der Waals surface area contributed by atoms with Crippen molar-refractivity contribution < 1.29 is 4.79 Å². The molecular weight excluding hydrogens is 372 g/mol. The van der Waals surface area contributed by atoms with Crippen LogP contribution in [0.25, 0.3) is 5.57 Å². The molecule has 1 amide bonds. The van der Waals surface area contributed by atoms with Crippen molar-refractivity contribution in [1.82, 2.24) is 9.88 Å². The van der Waals surface area contributed by atoms with Crippen LogP contribution in [0.3, 0.4) is 0 Å². The third-order valence-corrected chi connectivity index (χ3v) is 5.59. The SMILES string of the molecule is O=C(c1cccs1)N1CC=C(C2=CCc3ncc(Br)cc32)CC1. The fraction of sp³-hybridized carbons (Fsp3) is 0.222. The zero-order valence-corrected chi connectivity index (χ0v) is 14.9. The Hall–Kier alpha value is -1.72. The first-order valence-electron chi connectivity index (χ1n) is 7.59. The highest BCUT2D eigenvalue weighted by molar-refractivity contribution is 9.10. The molecule has 2 aromatic heterocycles. The van der Waals surface area contributed by atoms with Crippen LogP contribution in [-0.4, -0.2) is 28.9 Å². The lowest BCUT2D eigenvalue weighted by Crippen LogP contribution is -2.34. The Morgan fingerprint density at radius 2 is 2.26 bits per heavy atom. The summed E-state index contributed by atoms with van der Waals surface area (Å²) in [5.74, 6) is 0.139. The summed E-state index contributed by atoms with van der Waals surface area (Å²) in [6.07, 6.45) is 8.10. The van der Waals surface area contributed by atoms with Crippen LogP contribution in [0.2, 0.25) is 0 Å². The number of amides is 1. The van der Waals surface area contributed by atoms with Crippen LogP contribution in [-0.2, 0) is 6.42 Å². The summed E-state index contributed by atoms with van der Waals surface area (Å²) < 4.78 is 1.01. The molecule has 0 bridgehead atoms. The van der Waals surface area contributed by atoms with Gasteiger partial charge >= 0.3 is 0 Å². The van der Waals surface area contributed by atoms with E-state index in [1.165, 1.54) is 28.0 Å². The smallest absolute Gasteiger partial charge is 0.264 e. The van der Waals surface area contributed by atoms with E-state index in [1.807, 2.05) is 28.6 Å². The van der Waals surface area contributed by atoms with Gasteiger partial charge in [-0.15, -0.1) is 11.3 Å². The van der Waals surface area contributed by atoms with Gasteiger partial charge in [-0.05, 0) is 51.0 Å². The summed E-state index contributed by atoms with van der Waals surface area (Å²) in [5.41, 5.74) is 4.99. The quantitative estimate of drug-likeness (QED) is 0.769. The zero-order valence-electron chi connectivity index (χ0n) is 12.5. The summed E-state index contributed by atoms with van der Waals surface area (Å²) in [6.45, 7) is 1.46. The largest absolute Gasteiger partial charge is 0.334 e. The van der Waals surface area contributed by atoms with E-state index in [9.17, 15) is 4.79 Å². The van der Waals surface area contributed by atoms with Gasteiger partial charge in [-0.3, -0.25) is 9.78 Å². The second-order valence-corrected chi connectivity index (χ2v) is 7.54. The number of aromatic nitrogens is 1. The summed E-state index contributed by atoms with van der Waals surface area (Å²) in [6, 6.07) is 5.96. The summed E-state index contributed by atoms with van der Waals surface area (Å²) in [5, 5.41) is 1.95. The fourth-order valence-electron chi connectivity index (χ4n) is 3.13. The van der Waals surface area contributed by atoms with E-state index >= 15 is 0 Å². The molecule has 2 aliphatic rings. The lowest BCUT2D eigenvalue weighted by Gasteiger charge is -2.27. The Bertz CT molecular complexity index is 824. The molecule has 116 valence electrons. The Kier molecular flexibility index (Phi) is 3.91. The first kappa shape index (κ1) is 14.8. The first-order chi connectivity index (χ1) is 11.2. The number of allylic oxidation sites excluding steroid dienone is 2. The number of fused-ring (bicyclic) bond motifs is 1. The summed E-state index contributed by atoms with van der Waals surface area (Å²) >= 11 is 5.01. The highest BCUT2D eigenvalue weighted by Crippen LogP contribution is 2.35. The second kappa shape index (κ2) is 6.06. The lowest BCUT2D eigenvalue weighted by atomic mass is 9.96. The van der Waals surface area contributed by atoms with E-state index in [0.29, 0.717) is 6.54 Å². The number of halogens is 1. The Morgan fingerprint density at radius 1 is 1.35 bits per heavy atom. The number of hydrogen-bond acceptors (Lipinski definition) is 3. The van der Waals surface area contributed by atoms with Gasteiger partial charge in [0, 0.05) is 35.7 Å². The number of thiophene rings is 1. The number of rotatable bonds is 2. The van der Waals surface area contributed by atoms with Gasteiger partial charge in [0.2, 0.25) is 0 Å². The average molecular weight is 387 g/mol. The average Bonchev–Trinajstić information content (AvgIpc) is 3.24. The lowest BCUT2D eigenvalue weighted by molar-refractivity contribution is 0.0774. The van der Waals surface area contributed by atoms with Crippen LogP contribution in [0.1, 0.15) is 27.3 Å². The third-order valence-electron chi connectivity index (χ3n) is 4.30. The minimum absolute atomic E-state index is 0.139. The van der Waals surface area contributed by atoms with E-state index in [4.69, 9.17) is 0 Å². The standard InChI is InChI=1S/C18H15BrN2OS/c19-13-10-15-14(3-4-16(15)20-11-13)12-5-7-21(8-6-12)18(22)17-2-1-9-23-17/h1-3,5,9-11H,4,6-8H2. The van der Waals surface area contributed by atoms with Gasteiger partial charge in [0.25, 0.3) is 5.91 Å². The molecule has 5 heteroatoms. The Balaban J connectivity index is 1.53. The van der Waals surface area contributed by atoms with E-state index < -0.39 is 0 Å². The van der Waals surface area contributed by atoms with Crippen LogP contribution < -0.4 is 0 Å². The van der Waals surface area contributed by atoms with Gasteiger partial charge in [0.1, 0.15) is 0 Å². The van der Waals surface area contributed by atoms with E-state index in [2.05, 4.69) is 39.1 Å². The zero-order chi connectivity index (χ0) is 15.8. The van der Waals surface area contributed by atoms with E-state index in [0.717, 1.165) is 34.4 Å². The van der Waals surface area contributed by atoms with Crippen molar-refractivity contribution in [2.45, 2.75) is 12.8 Å². The minimum atomic E-state index is 0.139. The van der Waals surface area contributed by atoms with Gasteiger partial charge in [0.15, 0.2) is 0 Å². The van der Waals surface area contributed by atoms with Gasteiger partial charge in [0.05, 0.1) is 10.6 Å². The normalized spacial score (nSPS) is 16.8. The third kappa shape index (κ3) is 2.79. The van der Waals surface area contributed by atoms with Crippen LogP contribution >= 0.6 is 27.3 Å². The maximum Gasteiger partial charge on any atom is 0.264 e. The van der Waals surface area contributed by atoms with Gasteiger partial charge in [-0.25, -0.2) is 0 Å². The molecule has 0 atom stereocenters. The molecule has 0 unspecified atom stereocenters. The topological polar surface area (TPSA) is 33.2 Å². The molecule has 3 nitrogen and oxygen atoms in total. The van der Waals surface area contributed by atoms with Gasteiger partial charge in [-0.1, -0.05) is 18.2 Å². The van der Waals surface area contributed by atoms with Gasteiger partial charge < -0.3 is 4.90 Å². The number of nitrogens with zero attached hydrogens (tertiary/aromatic N) is 2. The van der Waals surface area contributed by atoms with Crippen molar-refractivity contribution in [3.8, 4) is 0 Å². The highest BCUT2D eigenvalue weighted by atomic mass is 79.9. The molecule has 0 radical (unpaired) electrons. The van der Waals surface area contributed by atoms with Crippen LogP contribution in [0.5, 0.6) is 0 Å². The molecule has 0 N–H and O–H groups in total. The summed E-state index contributed by atoms with van der Waals surface area (Å²) in [7, 11) is 0. The number of carbonyl (C=O) groups is 1. The molecule has 1 aliphatic heterocycles. The Labute approximate surface area is 147 Å². The maximum absolute atomic E-state index is 12.4. The monoisotopic (exact) mass is 386 g/mol. The van der Waals surface area contributed by atoms with Crippen molar-refractivity contribution in [1.29, 1.82) is 0 Å². The molecular formula is C18H15BrN2OS. The molecule has 0 spiro atoms. The first-order valence-corrected chi connectivity index (χ1v) is 9.27. The van der Waals surface area contributed by atoms with Crippen molar-refractivity contribution >= 4 is 38.7 Å². The van der Waals surface area contributed by atoms with Crippen molar-refractivity contribution in [3.63, 3.8) is 0 Å². The maximum atomic E-state index is 12.4. The van der Waals surface area contributed by atoms with Crippen LogP contribution in [0.15, 0.2) is 52.0 Å². The fourth-order valence-corrected chi connectivity index (χ4v) is 4.15. The van der Waals surface area contributed by atoms with Crippen molar-refractivity contribution in [2.75, 3.05) is 13.1 Å². The van der Waals surface area contributed by atoms with Crippen LogP contribution in [0, 0.1) is 0 Å². The van der Waals surface area contributed by atoms with Crippen molar-refractivity contribution in [3.05, 3.63) is 68.1 Å². The van der Waals surface area contributed by atoms with E-state index in [-0.39, 0.29) is 5.91 Å². The molecule has 4 rings (SSSR count). The molecule has 0 aromatic carbocycles. The molecule has 1 aliphatic carbocycles. The molecule has 2 aromatic rings. The van der Waals surface area contributed by atoms with Crippen LogP contribution in [0.4, 0.5) is 0 Å². The second-order valence-electron chi connectivity index (χ2n) is 5.68. The molecule has 0 saturated carbocycles. The number of carbonyl (C=O) groups excluding carboxylic acids is 1. The predicted molar refractivity (Wildman–Crippen MR) is 96.5 cm³/mol. The molecule has 0 fully saturated rings. The van der Waals surface area contributed by atoms with Gasteiger partial charge in [-0.2, -0.15) is 0 Å².